The number of halogens is 1. The monoisotopic (exact) mass is 390 g/mol. The van der Waals surface area contributed by atoms with Crippen LogP contribution in [-0.2, 0) is 6.54 Å². The van der Waals surface area contributed by atoms with Crippen LogP contribution >= 0.6 is 22.9 Å². The molecule has 0 unspecified atom stereocenters. The molecule has 138 valence electrons. The summed E-state index contributed by atoms with van der Waals surface area (Å²) in [6.45, 7) is 8.80. The Morgan fingerprint density at radius 2 is 2.04 bits per heavy atom. The smallest absolute Gasteiger partial charge is 0.254 e. The molecule has 3 aromatic rings. The number of hydrogen-bond acceptors (Lipinski definition) is 4. The van der Waals surface area contributed by atoms with Gasteiger partial charge in [0.1, 0.15) is 0 Å². The minimum absolute atomic E-state index is 0.0351. The van der Waals surface area contributed by atoms with Gasteiger partial charge in [-0.3, -0.25) is 4.79 Å². The van der Waals surface area contributed by atoms with Gasteiger partial charge in [-0.15, -0.1) is 11.3 Å². The molecule has 26 heavy (non-hydrogen) atoms. The molecule has 5 nitrogen and oxygen atoms in total. The van der Waals surface area contributed by atoms with Gasteiger partial charge in [0, 0.05) is 23.7 Å². The zero-order chi connectivity index (χ0) is 19.0. The molecular formula is C19H23ClN4OS. The number of carbonyl (C=O) groups excluding carboxylic acids is 1. The molecule has 0 N–H and O–H groups in total. The topological polar surface area (TPSA) is 51.0 Å². The molecule has 0 atom stereocenters. The van der Waals surface area contributed by atoms with Crippen molar-refractivity contribution in [3.05, 3.63) is 44.9 Å². The number of hydrogen-bond donors (Lipinski definition) is 0. The Labute approximate surface area is 162 Å². The van der Waals surface area contributed by atoms with E-state index in [-0.39, 0.29) is 17.9 Å². The Morgan fingerprint density at radius 3 is 2.62 bits per heavy atom. The first-order chi connectivity index (χ1) is 12.3. The zero-order valence-electron chi connectivity index (χ0n) is 15.7. The number of pyridine rings is 1. The van der Waals surface area contributed by atoms with Crippen molar-refractivity contribution in [2.75, 3.05) is 7.05 Å². The highest BCUT2D eigenvalue weighted by Crippen LogP contribution is 2.27. The second-order valence-electron chi connectivity index (χ2n) is 7.04. The normalized spacial score (nSPS) is 11.7. The summed E-state index contributed by atoms with van der Waals surface area (Å²) in [6, 6.07) is 5.89. The Balaban J connectivity index is 2.03. The van der Waals surface area contributed by atoms with E-state index in [0.717, 1.165) is 25.9 Å². The van der Waals surface area contributed by atoms with Gasteiger partial charge in [0.25, 0.3) is 5.91 Å². The van der Waals surface area contributed by atoms with Crippen LogP contribution in [-0.4, -0.2) is 32.6 Å². The van der Waals surface area contributed by atoms with E-state index in [0.29, 0.717) is 12.1 Å². The molecule has 0 aliphatic rings. The first-order valence-corrected chi connectivity index (χ1v) is 9.85. The number of thiophene rings is 1. The van der Waals surface area contributed by atoms with Crippen molar-refractivity contribution in [1.29, 1.82) is 0 Å². The number of carbonyl (C=O) groups is 1. The van der Waals surface area contributed by atoms with E-state index < -0.39 is 0 Å². The fraction of sp³-hybridized carbons (Fsp3) is 0.421. The van der Waals surface area contributed by atoms with Crippen LogP contribution in [0.25, 0.3) is 11.0 Å². The van der Waals surface area contributed by atoms with E-state index in [2.05, 4.69) is 32.8 Å². The first kappa shape index (κ1) is 18.9. The molecule has 0 radical (unpaired) electrons. The van der Waals surface area contributed by atoms with Crippen molar-refractivity contribution in [3.63, 3.8) is 0 Å². The summed E-state index contributed by atoms with van der Waals surface area (Å²) in [5.41, 5.74) is 2.31. The molecule has 3 rings (SSSR count). The van der Waals surface area contributed by atoms with E-state index >= 15 is 0 Å². The third kappa shape index (κ3) is 3.62. The lowest BCUT2D eigenvalue weighted by molar-refractivity contribution is 0.0788. The fourth-order valence-electron chi connectivity index (χ4n) is 2.84. The molecule has 7 heteroatoms. The van der Waals surface area contributed by atoms with Crippen LogP contribution in [0.15, 0.2) is 24.4 Å². The predicted molar refractivity (Wildman–Crippen MR) is 107 cm³/mol. The van der Waals surface area contributed by atoms with Crippen molar-refractivity contribution < 1.29 is 4.79 Å². The molecule has 1 amide bonds. The van der Waals surface area contributed by atoms with Crippen LogP contribution in [0.5, 0.6) is 0 Å². The van der Waals surface area contributed by atoms with Gasteiger partial charge in [-0.05, 0) is 38.0 Å². The molecule has 0 aliphatic carbocycles. The van der Waals surface area contributed by atoms with Crippen LogP contribution in [0, 0.1) is 0 Å². The summed E-state index contributed by atoms with van der Waals surface area (Å²) in [5, 5.41) is 5.25. The summed E-state index contributed by atoms with van der Waals surface area (Å²) in [6.07, 6.45) is 1.75. The Bertz CT molecular complexity index is 944. The minimum atomic E-state index is -0.0351. The second kappa shape index (κ2) is 7.37. The minimum Gasteiger partial charge on any atom is -0.337 e. The Kier molecular flexibility index (Phi) is 5.34. The summed E-state index contributed by atoms with van der Waals surface area (Å²) < 4.78 is 2.60. The number of aromatic nitrogens is 3. The summed E-state index contributed by atoms with van der Waals surface area (Å²) in [4.78, 5) is 20.7. The molecular weight excluding hydrogens is 368 g/mol. The molecule has 0 aliphatic heterocycles. The highest BCUT2D eigenvalue weighted by molar-refractivity contribution is 7.16. The average Bonchev–Trinajstić information content (AvgIpc) is 3.19. The van der Waals surface area contributed by atoms with Crippen LogP contribution in [0.1, 0.15) is 60.6 Å². The lowest BCUT2D eigenvalue weighted by Crippen LogP contribution is -2.26. The Hall–Kier alpha value is -1.92. The van der Waals surface area contributed by atoms with Gasteiger partial charge in [0.05, 0.1) is 28.0 Å². The maximum absolute atomic E-state index is 13.2. The van der Waals surface area contributed by atoms with Gasteiger partial charge in [0.15, 0.2) is 5.65 Å². The summed E-state index contributed by atoms with van der Waals surface area (Å²) in [5.74, 6) is 0.190. The molecule has 0 fully saturated rings. The van der Waals surface area contributed by atoms with Crippen molar-refractivity contribution in [2.45, 2.75) is 46.2 Å². The van der Waals surface area contributed by atoms with E-state index in [9.17, 15) is 4.79 Å². The number of nitrogens with zero attached hydrogens (tertiary/aromatic N) is 4. The number of amides is 1. The molecule has 0 saturated heterocycles. The molecule has 0 bridgehead atoms. The van der Waals surface area contributed by atoms with E-state index in [1.807, 2.05) is 29.9 Å². The van der Waals surface area contributed by atoms with Crippen molar-refractivity contribution in [3.8, 4) is 0 Å². The van der Waals surface area contributed by atoms with Gasteiger partial charge < -0.3 is 4.90 Å². The lowest BCUT2D eigenvalue weighted by Gasteiger charge is -2.18. The molecule has 0 saturated carbocycles. The maximum atomic E-state index is 13.2. The quantitative estimate of drug-likeness (QED) is 0.607. The van der Waals surface area contributed by atoms with Gasteiger partial charge in [-0.1, -0.05) is 25.4 Å². The third-order valence-corrected chi connectivity index (χ3v) is 5.48. The third-order valence-electron chi connectivity index (χ3n) is 4.27. The number of rotatable bonds is 5. The van der Waals surface area contributed by atoms with Crippen molar-refractivity contribution in [1.82, 2.24) is 19.7 Å². The van der Waals surface area contributed by atoms with E-state index in [4.69, 9.17) is 16.6 Å². The van der Waals surface area contributed by atoms with Crippen LogP contribution < -0.4 is 0 Å². The Morgan fingerprint density at radius 1 is 1.31 bits per heavy atom. The summed E-state index contributed by atoms with van der Waals surface area (Å²) in [7, 11) is 1.81. The first-order valence-electron chi connectivity index (χ1n) is 8.65. The molecule has 0 aromatic carbocycles. The molecule has 3 heterocycles. The highest BCUT2D eigenvalue weighted by atomic mass is 35.5. The maximum Gasteiger partial charge on any atom is 0.254 e. The number of fused-ring (bicyclic) bond motifs is 1. The van der Waals surface area contributed by atoms with Gasteiger partial charge >= 0.3 is 0 Å². The predicted octanol–water partition coefficient (Wildman–Crippen LogP) is 5.12. The van der Waals surface area contributed by atoms with Gasteiger partial charge in [-0.2, -0.15) is 5.10 Å². The zero-order valence-corrected chi connectivity index (χ0v) is 17.2. The SMILES string of the molecule is CC(C)c1cc(C(=O)N(C)Cc2ccc(Cl)s2)c2cnn(C(C)C)c2n1. The standard InChI is InChI=1S/C19H23ClN4OS/c1-11(2)16-8-14(15-9-21-24(12(3)4)18(15)22-16)19(25)23(5)10-13-6-7-17(20)26-13/h6-9,11-12H,10H2,1-5H3. The summed E-state index contributed by atoms with van der Waals surface area (Å²) >= 11 is 7.49. The van der Waals surface area contributed by atoms with E-state index in [1.54, 1.807) is 11.1 Å². The van der Waals surface area contributed by atoms with Gasteiger partial charge in [-0.25, -0.2) is 9.67 Å². The van der Waals surface area contributed by atoms with E-state index in [1.165, 1.54) is 11.3 Å². The van der Waals surface area contributed by atoms with Crippen molar-refractivity contribution >= 4 is 39.9 Å². The second-order valence-corrected chi connectivity index (χ2v) is 8.84. The highest BCUT2D eigenvalue weighted by Gasteiger charge is 2.21. The average molecular weight is 391 g/mol. The molecule has 0 spiro atoms. The van der Waals surface area contributed by atoms with Gasteiger partial charge in [0.2, 0.25) is 0 Å². The largest absolute Gasteiger partial charge is 0.337 e. The van der Waals surface area contributed by atoms with Crippen LogP contribution in [0.2, 0.25) is 4.34 Å². The van der Waals surface area contributed by atoms with Crippen LogP contribution in [0.3, 0.4) is 0 Å². The van der Waals surface area contributed by atoms with Crippen LogP contribution in [0.4, 0.5) is 0 Å². The molecule has 3 aromatic heterocycles. The lowest BCUT2D eigenvalue weighted by atomic mass is 10.0. The van der Waals surface area contributed by atoms with Crippen molar-refractivity contribution in [2.24, 2.45) is 0 Å². The fourth-order valence-corrected chi connectivity index (χ4v) is 3.98.